The first-order valence-corrected chi connectivity index (χ1v) is 8.38. The van der Waals surface area contributed by atoms with E-state index in [1.54, 1.807) is 12.3 Å². The number of alkyl halides is 3. The zero-order valence-corrected chi connectivity index (χ0v) is 14.1. The van der Waals surface area contributed by atoms with Crippen molar-refractivity contribution in [2.45, 2.75) is 18.6 Å². The number of aromatic nitrogens is 3. The van der Waals surface area contributed by atoms with E-state index in [2.05, 4.69) is 20.0 Å². The molecular weight excluding hydrogens is 359 g/mol. The maximum Gasteiger partial charge on any atom is 0.416 e. The SMILES string of the molecule is N[C@H]1CCN(c2ccc(-c3nc(-c4cccc(C(F)(F)F)c4)no3)cn2)C1. The highest BCUT2D eigenvalue weighted by Crippen LogP contribution is 2.32. The molecule has 0 saturated carbocycles. The molecule has 27 heavy (non-hydrogen) atoms. The third-order valence-electron chi connectivity index (χ3n) is 4.42. The molecular formula is C18H16F3N5O. The predicted molar refractivity (Wildman–Crippen MR) is 92.8 cm³/mol. The Morgan fingerprint density at radius 2 is 2.00 bits per heavy atom. The highest BCUT2D eigenvalue weighted by molar-refractivity contribution is 5.61. The molecule has 1 aliphatic rings. The number of rotatable bonds is 3. The zero-order chi connectivity index (χ0) is 19.0. The van der Waals surface area contributed by atoms with Gasteiger partial charge in [0.15, 0.2) is 0 Å². The highest BCUT2D eigenvalue weighted by atomic mass is 19.4. The molecule has 2 aromatic heterocycles. The van der Waals surface area contributed by atoms with E-state index in [1.165, 1.54) is 12.1 Å². The van der Waals surface area contributed by atoms with Crippen LogP contribution < -0.4 is 10.6 Å². The maximum atomic E-state index is 12.9. The summed E-state index contributed by atoms with van der Waals surface area (Å²) in [6, 6.07) is 8.58. The molecule has 0 radical (unpaired) electrons. The molecule has 9 heteroatoms. The summed E-state index contributed by atoms with van der Waals surface area (Å²) in [5.41, 5.74) is 5.97. The van der Waals surface area contributed by atoms with Gasteiger partial charge in [0.05, 0.1) is 11.1 Å². The van der Waals surface area contributed by atoms with Crippen molar-refractivity contribution in [1.29, 1.82) is 0 Å². The summed E-state index contributed by atoms with van der Waals surface area (Å²) in [5.74, 6) is 1.09. The van der Waals surface area contributed by atoms with Crippen LogP contribution >= 0.6 is 0 Å². The van der Waals surface area contributed by atoms with E-state index in [0.29, 0.717) is 5.56 Å². The van der Waals surface area contributed by atoms with E-state index in [0.717, 1.165) is 37.5 Å². The lowest BCUT2D eigenvalue weighted by Crippen LogP contribution is -2.26. The molecule has 1 atom stereocenters. The first-order chi connectivity index (χ1) is 12.9. The van der Waals surface area contributed by atoms with Gasteiger partial charge in [0.2, 0.25) is 5.82 Å². The van der Waals surface area contributed by atoms with Gasteiger partial charge in [-0.3, -0.25) is 0 Å². The van der Waals surface area contributed by atoms with E-state index < -0.39 is 11.7 Å². The fourth-order valence-corrected chi connectivity index (χ4v) is 2.99. The van der Waals surface area contributed by atoms with Crippen molar-refractivity contribution in [1.82, 2.24) is 15.1 Å². The lowest BCUT2D eigenvalue weighted by Gasteiger charge is -2.16. The summed E-state index contributed by atoms with van der Waals surface area (Å²) in [4.78, 5) is 10.7. The number of halogens is 3. The smallest absolute Gasteiger partial charge is 0.355 e. The molecule has 6 nitrogen and oxygen atoms in total. The van der Waals surface area contributed by atoms with Crippen LogP contribution in [-0.2, 0) is 6.18 Å². The Morgan fingerprint density at radius 3 is 2.67 bits per heavy atom. The average molecular weight is 375 g/mol. The van der Waals surface area contributed by atoms with E-state index in [-0.39, 0.29) is 23.3 Å². The highest BCUT2D eigenvalue weighted by Gasteiger charge is 2.30. The number of nitrogens with two attached hydrogens (primary N) is 1. The molecule has 3 heterocycles. The third kappa shape index (κ3) is 3.63. The van der Waals surface area contributed by atoms with Crippen LogP contribution in [0.25, 0.3) is 22.8 Å². The molecule has 1 saturated heterocycles. The number of pyridine rings is 1. The van der Waals surface area contributed by atoms with Gasteiger partial charge in [-0.05, 0) is 30.7 Å². The molecule has 1 aliphatic heterocycles. The second kappa shape index (κ2) is 6.66. The van der Waals surface area contributed by atoms with Gasteiger partial charge in [0.1, 0.15) is 5.82 Å². The van der Waals surface area contributed by atoms with Crippen molar-refractivity contribution < 1.29 is 17.7 Å². The fraction of sp³-hybridized carbons (Fsp3) is 0.278. The third-order valence-corrected chi connectivity index (χ3v) is 4.42. The van der Waals surface area contributed by atoms with Crippen molar-refractivity contribution in [2.75, 3.05) is 18.0 Å². The van der Waals surface area contributed by atoms with Gasteiger partial charge in [-0.2, -0.15) is 18.2 Å². The van der Waals surface area contributed by atoms with Gasteiger partial charge >= 0.3 is 6.18 Å². The lowest BCUT2D eigenvalue weighted by molar-refractivity contribution is -0.137. The summed E-state index contributed by atoms with van der Waals surface area (Å²) in [7, 11) is 0. The molecule has 1 fully saturated rings. The first kappa shape index (κ1) is 17.5. The summed E-state index contributed by atoms with van der Waals surface area (Å²) >= 11 is 0. The summed E-state index contributed by atoms with van der Waals surface area (Å²) < 4.78 is 43.8. The standard InChI is InChI=1S/C18H16F3N5O/c19-18(20,21)13-3-1-2-11(8-13)16-24-17(27-25-16)12-4-5-15(23-9-12)26-7-6-14(22)10-26/h1-5,8-9,14H,6-7,10,22H2/t14-/m0/s1. The van der Waals surface area contributed by atoms with Crippen LogP contribution in [0, 0.1) is 0 Å². The summed E-state index contributed by atoms with van der Waals surface area (Å²) in [5, 5.41) is 3.79. The summed E-state index contributed by atoms with van der Waals surface area (Å²) in [6.45, 7) is 1.61. The Morgan fingerprint density at radius 1 is 1.15 bits per heavy atom. The van der Waals surface area contributed by atoms with Crippen molar-refractivity contribution in [3.05, 3.63) is 48.2 Å². The zero-order valence-electron chi connectivity index (χ0n) is 14.1. The van der Waals surface area contributed by atoms with Crippen LogP contribution in [0.4, 0.5) is 19.0 Å². The second-order valence-electron chi connectivity index (χ2n) is 6.40. The Bertz CT molecular complexity index is 939. The van der Waals surface area contributed by atoms with E-state index in [1.807, 2.05) is 6.07 Å². The van der Waals surface area contributed by atoms with Gasteiger partial charge < -0.3 is 15.2 Å². The number of hydrogen-bond donors (Lipinski definition) is 1. The van der Waals surface area contributed by atoms with E-state index in [4.69, 9.17) is 10.3 Å². The van der Waals surface area contributed by atoms with Crippen LogP contribution in [0.15, 0.2) is 47.1 Å². The quantitative estimate of drug-likeness (QED) is 0.756. The number of benzene rings is 1. The summed E-state index contributed by atoms with van der Waals surface area (Å²) in [6.07, 6.45) is -1.91. The van der Waals surface area contributed by atoms with Crippen molar-refractivity contribution >= 4 is 5.82 Å². The Kier molecular flexibility index (Phi) is 4.31. The molecule has 1 aromatic carbocycles. The minimum absolute atomic E-state index is 0.0886. The monoisotopic (exact) mass is 375 g/mol. The molecule has 0 aliphatic carbocycles. The molecule has 3 aromatic rings. The minimum atomic E-state index is -4.43. The minimum Gasteiger partial charge on any atom is -0.355 e. The number of anilines is 1. The van der Waals surface area contributed by atoms with E-state index in [9.17, 15) is 13.2 Å². The van der Waals surface area contributed by atoms with Crippen molar-refractivity contribution in [3.8, 4) is 22.8 Å². The maximum absolute atomic E-state index is 12.9. The van der Waals surface area contributed by atoms with Gasteiger partial charge in [-0.15, -0.1) is 0 Å². The molecule has 140 valence electrons. The second-order valence-corrected chi connectivity index (χ2v) is 6.40. The van der Waals surface area contributed by atoms with Gasteiger partial charge in [0.25, 0.3) is 5.89 Å². The van der Waals surface area contributed by atoms with Gasteiger partial charge in [-0.25, -0.2) is 4.98 Å². The largest absolute Gasteiger partial charge is 0.416 e. The molecule has 0 amide bonds. The van der Waals surface area contributed by atoms with Gasteiger partial charge in [0, 0.05) is 30.9 Å². The number of nitrogens with zero attached hydrogens (tertiary/aromatic N) is 4. The van der Waals surface area contributed by atoms with Gasteiger partial charge in [-0.1, -0.05) is 17.3 Å². The molecule has 4 rings (SSSR count). The topological polar surface area (TPSA) is 81.1 Å². The van der Waals surface area contributed by atoms with Crippen molar-refractivity contribution in [2.24, 2.45) is 5.73 Å². The first-order valence-electron chi connectivity index (χ1n) is 8.38. The lowest BCUT2D eigenvalue weighted by atomic mass is 10.1. The van der Waals surface area contributed by atoms with Crippen LogP contribution in [0.2, 0.25) is 0 Å². The van der Waals surface area contributed by atoms with E-state index >= 15 is 0 Å². The fourth-order valence-electron chi connectivity index (χ4n) is 2.99. The molecule has 0 bridgehead atoms. The Balaban J connectivity index is 1.56. The number of hydrogen-bond acceptors (Lipinski definition) is 6. The van der Waals surface area contributed by atoms with Crippen LogP contribution in [0.5, 0.6) is 0 Å². The predicted octanol–water partition coefficient (Wildman–Crippen LogP) is 3.35. The Hall–Kier alpha value is -2.94. The van der Waals surface area contributed by atoms with Crippen LogP contribution in [0.1, 0.15) is 12.0 Å². The molecule has 2 N–H and O–H groups in total. The van der Waals surface area contributed by atoms with Crippen LogP contribution in [0.3, 0.4) is 0 Å². The molecule has 0 spiro atoms. The van der Waals surface area contributed by atoms with Crippen LogP contribution in [-0.4, -0.2) is 34.3 Å². The van der Waals surface area contributed by atoms with Crippen molar-refractivity contribution in [3.63, 3.8) is 0 Å². The Labute approximate surface area is 152 Å². The normalized spacial score (nSPS) is 17.5. The molecule has 0 unspecified atom stereocenters. The average Bonchev–Trinajstić information content (AvgIpc) is 3.31.